The number of hydrogen-bond acceptors (Lipinski definition) is 2. The van der Waals surface area contributed by atoms with Gasteiger partial charge in [0.1, 0.15) is 0 Å². The zero-order valence-corrected chi connectivity index (χ0v) is 11.4. The van der Waals surface area contributed by atoms with Crippen LogP contribution in [0.25, 0.3) is 0 Å². The zero-order valence-electron chi connectivity index (χ0n) is 11.4. The van der Waals surface area contributed by atoms with Crippen molar-refractivity contribution in [3.63, 3.8) is 0 Å². The first kappa shape index (κ1) is 13.8. The molecule has 2 aromatic rings. The number of carbonyl (C=O) groups is 2. The van der Waals surface area contributed by atoms with Crippen LogP contribution in [0, 0.1) is 13.8 Å². The first-order valence-corrected chi connectivity index (χ1v) is 6.26. The monoisotopic (exact) mass is 268 g/mol. The van der Waals surface area contributed by atoms with Crippen LogP contribution in [0.4, 0.5) is 5.69 Å². The van der Waals surface area contributed by atoms with E-state index in [-0.39, 0.29) is 5.91 Å². The van der Waals surface area contributed by atoms with E-state index in [9.17, 15) is 9.59 Å². The average Bonchev–Trinajstić information content (AvgIpc) is 2.40. The van der Waals surface area contributed by atoms with Gasteiger partial charge in [-0.3, -0.25) is 9.59 Å². The summed E-state index contributed by atoms with van der Waals surface area (Å²) in [5, 5.41) is 2.80. The molecule has 0 spiro atoms. The van der Waals surface area contributed by atoms with Crippen LogP contribution in [0.15, 0.2) is 42.5 Å². The minimum atomic E-state index is -0.505. The quantitative estimate of drug-likeness (QED) is 0.898. The lowest BCUT2D eigenvalue weighted by molar-refractivity contribution is 0.0995. The average molecular weight is 268 g/mol. The number of anilines is 1. The number of rotatable bonds is 3. The molecule has 0 unspecified atom stereocenters. The maximum absolute atomic E-state index is 12.2. The third kappa shape index (κ3) is 2.85. The highest BCUT2D eigenvalue weighted by atomic mass is 16.2. The summed E-state index contributed by atoms with van der Waals surface area (Å²) in [6, 6.07) is 12.4. The minimum Gasteiger partial charge on any atom is -0.366 e. The van der Waals surface area contributed by atoms with Gasteiger partial charge >= 0.3 is 0 Å². The second-order valence-electron chi connectivity index (χ2n) is 4.67. The van der Waals surface area contributed by atoms with Crippen LogP contribution in [0.5, 0.6) is 0 Å². The van der Waals surface area contributed by atoms with Crippen LogP contribution in [0.3, 0.4) is 0 Å². The molecular formula is C16H16N2O2. The standard InChI is InChI=1S/C16H16N2O2/c1-10-5-3-6-12(9-10)16(20)18-14-8-4-7-13(11(14)2)15(17)19/h3-9H,1-2H3,(H2,17,19)(H,18,20). The molecule has 2 rings (SSSR count). The predicted octanol–water partition coefficient (Wildman–Crippen LogP) is 2.65. The number of nitrogens with one attached hydrogen (secondary N) is 1. The van der Waals surface area contributed by atoms with Crippen LogP contribution >= 0.6 is 0 Å². The largest absolute Gasteiger partial charge is 0.366 e. The number of nitrogens with two attached hydrogens (primary N) is 1. The molecule has 102 valence electrons. The number of amides is 2. The molecule has 0 atom stereocenters. The van der Waals surface area contributed by atoms with Gasteiger partial charge < -0.3 is 11.1 Å². The van der Waals surface area contributed by atoms with Crippen molar-refractivity contribution in [2.24, 2.45) is 5.73 Å². The van der Waals surface area contributed by atoms with Crippen molar-refractivity contribution in [3.8, 4) is 0 Å². The van der Waals surface area contributed by atoms with Crippen molar-refractivity contribution in [3.05, 3.63) is 64.7 Å². The van der Waals surface area contributed by atoms with E-state index < -0.39 is 5.91 Å². The van der Waals surface area contributed by atoms with Gasteiger partial charge in [0, 0.05) is 16.8 Å². The molecule has 0 aliphatic carbocycles. The molecule has 4 nitrogen and oxygen atoms in total. The SMILES string of the molecule is Cc1cccc(C(=O)Nc2cccc(C(N)=O)c2C)c1. The maximum atomic E-state index is 12.2. The predicted molar refractivity (Wildman–Crippen MR) is 78.8 cm³/mol. The van der Waals surface area contributed by atoms with Crippen LogP contribution in [-0.2, 0) is 0 Å². The maximum Gasteiger partial charge on any atom is 0.255 e. The molecule has 0 saturated carbocycles. The molecular weight excluding hydrogens is 252 g/mol. The lowest BCUT2D eigenvalue weighted by Crippen LogP contribution is -2.16. The van der Waals surface area contributed by atoms with E-state index in [0.717, 1.165) is 5.56 Å². The fraction of sp³-hybridized carbons (Fsp3) is 0.125. The summed E-state index contributed by atoms with van der Waals surface area (Å²) >= 11 is 0. The second-order valence-corrected chi connectivity index (χ2v) is 4.67. The Morgan fingerprint density at radius 1 is 1.05 bits per heavy atom. The fourth-order valence-corrected chi connectivity index (χ4v) is 2.02. The van der Waals surface area contributed by atoms with Gasteiger partial charge in [0.25, 0.3) is 5.91 Å². The molecule has 0 aromatic heterocycles. The molecule has 20 heavy (non-hydrogen) atoms. The van der Waals surface area contributed by atoms with E-state index in [1.54, 1.807) is 31.2 Å². The number of primary amides is 1. The van der Waals surface area contributed by atoms with Crippen molar-refractivity contribution < 1.29 is 9.59 Å². The molecule has 2 aromatic carbocycles. The third-order valence-corrected chi connectivity index (χ3v) is 3.13. The molecule has 0 heterocycles. The fourth-order valence-electron chi connectivity index (χ4n) is 2.02. The van der Waals surface area contributed by atoms with Crippen molar-refractivity contribution in [1.29, 1.82) is 0 Å². The summed E-state index contributed by atoms with van der Waals surface area (Å²) in [5.74, 6) is -0.715. The van der Waals surface area contributed by atoms with Gasteiger partial charge in [0.15, 0.2) is 0 Å². The molecule has 4 heteroatoms. The number of hydrogen-bond donors (Lipinski definition) is 2. The Morgan fingerprint density at radius 3 is 2.40 bits per heavy atom. The topological polar surface area (TPSA) is 72.2 Å². The van der Waals surface area contributed by atoms with Crippen LogP contribution in [-0.4, -0.2) is 11.8 Å². The Kier molecular flexibility index (Phi) is 3.84. The molecule has 0 aliphatic rings. The van der Waals surface area contributed by atoms with Crippen molar-refractivity contribution >= 4 is 17.5 Å². The molecule has 0 bridgehead atoms. The Bertz CT molecular complexity index is 678. The Hall–Kier alpha value is -2.62. The van der Waals surface area contributed by atoms with Gasteiger partial charge in [0.2, 0.25) is 5.91 Å². The molecule has 0 fully saturated rings. The van der Waals surface area contributed by atoms with E-state index in [2.05, 4.69) is 5.32 Å². The Balaban J connectivity index is 2.29. The van der Waals surface area contributed by atoms with Crippen LogP contribution < -0.4 is 11.1 Å². The van der Waals surface area contributed by atoms with Crippen molar-refractivity contribution in [2.75, 3.05) is 5.32 Å². The second kappa shape index (κ2) is 5.57. The summed E-state index contributed by atoms with van der Waals surface area (Å²) in [7, 11) is 0. The Labute approximate surface area is 117 Å². The molecule has 3 N–H and O–H groups in total. The number of benzene rings is 2. The minimum absolute atomic E-state index is 0.210. The summed E-state index contributed by atoms with van der Waals surface area (Å²) in [5.41, 5.74) is 8.55. The van der Waals surface area contributed by atoms with E-state index in [1.807, 2.05) is 25.1 Å². The summed E-state index contributed by atoms with van der Waals surface area (Å²) in [4.78, 5) is 23.5. The molecule has 0 aliphatic heterocycles. The van der Waals surface area contributed by atoms with Gasteiger partial charge in [-0.05, 0) is 43.7 Å². The molecule has 0 radical (unpaired) electrons. The first-order chi connectivity index (χ1) is 9.49. The third-order valence-electron chi connectivity index (χ3n) is 3.13. The summed E-state index contributed by atoms with van der Waals surface area (Å²) < 4.78 is 0. The highest BCUT2D eigenvalue weighted by Crippen LogP contribution is 2.19. The lowest BCUT2D eigenvalue weighted by atomic mass is 10.1. The Morgan fingerprint density at radius 2 is 1.75 bits per heavy atom. The van der Waals surface area contributed by atoms with Gasteiger partial charge in [0.05, 0.1) is 0 Å². The summed E-state index contributed by atoms with van der Waals surface area (Å²) in [6.45, 7) is 3.68. The summed E-state index contributed by atoms with van der Waals surface area (Å²) in [6.07, 6.45) is 0. The number of aryl methyl sites for hydroxylation is 1. The van der Waals surface area contributed by atoms with E-state index in [4.69, 9.17) is 5.73 Å². The van der Waals surface area contributed by atoms with Gasteiger partial charge in [-0.25, -0.2) is 0 Å². The molecule has 2 amide bonds. The van der Waals surface area contributed by atoms with E-state index in [1.165, 1.54) is 0 Å². The highest BCUT2D eigenvalue weighted by Gasteiger charge is 2.11. The first-order valence-electron chi connectivity index (χ1n) is 6.26. The lowest BCUT2D eigenvalue weighted by Gasteiger charge is -2.11. The van der Waals surface area contributed by atoms with Crippen LogP contribution in [0.2, 0.25) is 0 Å². The number of carbonyl (C=O) groups excluding carboxylic acids is 2. The van der Waals surface area contributed by atoms with Crippen molar-refractivity contribution in [1.82, 2.24) is 0 Å². The normalized spacial score (nSPS) is 10.1. The van der Waals surface area contributed by atoms with Gasteiger partial charge in [-0.1, -0.05) is 23.8 Å². The van der Waals surface area contributed by atoms with Gasteiger partial charge in [-0.2, -0.15) is 0 Å². The molecule has 0 saturated heterocycles. The van der Waals surface area contributed by atoms with E-state index in [0.29, 0.717) is 22.4 Å². The van der Waals surface area contributed by atoms with Gasteiger partial charge in [-0.15, -0.1) is 0 Å². The zero-order chi connectivity index (χ0) is 14.7. The highest BCUT2D eigenvalue weighted by molar-refractivity contribution is 6.06. The smallest absolute Gasteiger partial charge is 0.255 e. The van der Waals surface area contributed by atoms with Crippen molar-refractivity contribution in [2.45, 2.75) is 13.8 Å². The van der Waals surface area contributed by atoms with Crippen LogP contribution in [0.1, 0.15) is 31.8 Å². The van der Waals surface area contributed by atoms with E-state index >= 15 is 0 Å².